The van der Waals surface area contributed by atoms with Crippen LogP contribution in [-0.4, -0.2) is 43.7 Å². The first-order chi connectivity index (χ1) is 11.2. The Morgan fingerprint density at radius 1 is 1.39 bits per heavy atom. The zero-order chi connectivity index (χ0) is 16.5. The molecule has 1 heterocycles. The number of esters is 1. The molecule has 1 aliphatic rings. The van der Waals surface area contributed by atoms with Crippen molar-refractivity contribution in [2.24, 2.45) is 5.92 Å². The normalized spacial score (nSPS) is 18.2. The highest BCUT2D eigenvalue weighted by molar-refractivity contribution is 5.72. The van der Waals surface area contributed by atoms with E-state index in [1.807, 2.05) is 19.1 Å². The number of benzene rings is 1. The van der Waals surface area contributed by atoms with E-state index in [1.54, 1.807) is 12.1 Å². The predicted octanol–water partition coefficient (Wildman–Crippen LogP) is 2.60. The van der Waals surface area contributed by atoms with Crippen LogP contribution in [0.2, 0.25) is 0 Å². The maximum atomic E-state index is 11.8. The first kappa shape index (κ1) is 17.3. The fourth-order valence-electron chi connectivity index (χ4n) is 2.82. The van der Waals surface area contributed by atoms with Crippen molar-refractivity contribution in [3.63, 3.8) is 0 Å². The quantitative estimate of drug-likeness (QED) is 0.571. The Hall–Kier alpha value is -2.06. The smallest absolute Gasteiger partial charge is 0.310 e. The van der Waals surface area contributed by atoms with E-state index >= 15 is 0 Å². The van der Waals surface area contributed by atoms with Crippen LogP contribution in [0, 0.1) is 17.2 Å². The van der Waals surface area contributed by atoms with Crippen molar-refractivity contribution >= 4 is 5.97 Å². The van der Waals surface area contributed by atoms with Gasteiger partial charge in [-0.05, 0) is 57.0 Å². The third-order valence-electron chi connectivity index (χ3n) is 4.00. The van der Waals surface area contributed by atoms with Gasteiger partial charge in [-0.1, -0.05) is 0 Å². The van der Waals surface area contributed by atoms with Gasteiger partial charge in [-0.3, -0.25) is 4.79 Å². The van der Waals surface area contributed by atoms with Crippen molar-refractivity contribution in [2.75, 3.05) is 32.8 Å². The molecule has 1 aromatic rings. The van der Waals surface area contributed by atoms with Gasteiger partial charge in [0.15, 0.2) is 0 Å². The van der Waals surface area contributed by atoms with Crippen LogP contribution in [0.25, 0.3) is 0 Å². The van der Waals surface area contributed by atoms with Gasteiger partial charge in [0, 0.05) is 13.1 Å². The van der Waals surface area contributed by atoms with Crippen LogP contribution >= 0.6 is 0 Å². The molecule has 1 atom stereocenters. The molecule has 0 N–H and O–H groups in total. The third kappa shape index (κ3) is 5.57. The van der Waals surface area contributed by atoms with Gasteiger partial charge in [-0.2, -0.15) is 5.26 Å². The molecule has 0 aliphatic carbocycles. The van der Waals surface area contributed by atoms with Gasteiger partial charge in [0.1, 0.15) is 5.75 Å². The van der Waals surface area contributed by atoms with Crippen molar-refractivity contribution in [3.05, 3.63) is 29.8 Å². The van der Waals surface area contributed by atoms with E-state index in [4.69, 9.17) is 14.7 Å². The summed E-state index contributed by atoms with van der Waals surface area (Å²) in [4.78, 5) is 14.1. The lowest BCUT2D eigenvalue weighted by atomic mass is 9.98. The molecule has 0 bridgehead atoms. The second kappa shape index (κ2) is 9.16. The molecule has 1 aliphatic heterocycles. The van der Waals surface area contributed by atoms with Gasteiger partial charge in [-0.25, -0.2) is 0 Å². The molecule has 0 saturated carbocycles. The van der Waals surface area contributed by atoms with Gasteiger partial charge in [0.25, 0.3) is 0 Å². The highest BCUT2D eigenvalue weighted by atomic mass is 16.5. The highest BCUT2D eigenvalue weighted by Gasteiger charge is 2.26. The Morgan fingerprint density at radius 3 is 2.87 bits per heavy atom. The lowest BCUT2D eigenvalue weighted by Gasteiger charge is -2.31. The van der Waals surface area contributed by atoms with Crippen molar-refractivity contribution in [3.8, 4) is 11.8 Å². The Kier molecular flexibility index (Phi) is 6.89. The monoisotopic (exact) mass is 316 g/mol. The van der Waals surface area contributed by atoms with E-state index < -0.39 is 0 Å². The molecule has 5 nitrogen and oxygen atoms in total. The molecule has 0 aromatic heterocycles. The number of nitriles is 1. The van der Waals surface area contributed by atoms with Gasteiger partial charge in [-0.15, -0.1) is 0 Å². The van der Waals surface area contributed by atoms with E-state index in [9.17, 15) is 4.79 Å². The minimum absolute atomic E-state index is 0.0168. The average Bonchev–Trinajstić information content (AvgIpc) is 2.60. The number of hydrogen-bond donors (Lipinski definition) is 0. The molecule has 0 unspecified atom stereocenters. The molecule has 0 radical (unpaired) electrons. The standard InChI is InChI=1S/C18H24N2O3/c1-2-22-18(21)16-5-3-10-20(14-16)11-4-12-23-17-8-6-15(13-19)7-9-17/h6-9,16H,2-5,10-12,14H2,1H3/t16-/m1/s1. The average molecular weight is 316 g/mol. The molecule has 23 heavy (non-hydrogen) atoms. The number of nitrogens with zero attached hydrogens (tertiary/aromatic N) is 2. The molecule has 5 heteroatoms. The highest BCUT2D eigenvalue weighted by Crippen LogP contribution is 2.18. The summed E-state index contributed by atoms with van der Waals surface area (Å²) in [6.07, 6.45) is 2.88. The van der Waals surface area contributed by atoms with E-state index in [1.165, 1.54) is 0 Å². The zero-order valence-electron chi connectivity index (χ0n) is 13.7. The molecular weight excluding hydrogens is 292 g/mol. The Labute approximate surface area is 137 Å². The van der Waals surface area contributed by atoms with E-state index in [-0.39, 0.29) is 11.9 Å². The maximum Gasteiger partial charge on any atom is 0.310 e. The largest absolute Gasteiger partial charge is 0.494 e. The number of hydrogen-bond acceptors (Lipinski definition) is 5. The summed E-state index contributed by atoms with van der Waals surface area (Å²) < 4.78 is 10.8. The summed E-state index contributed by atoms with van der Waals surface area (Å²) >= 11 is 0. The lowest BCUT2D eigenvalue weighted by molar-refractivity contribution is -0.149. The molecule has 1 aromatic carbocycles. The molecule has 0 spiro atoms. The SMILES string of the molecule is CCOC(=O)[C@@H]1CCCN(CCCOc2ccc(C#N)cc2)C1. The summed E-state index contributed by atoms with van der Waals surface area (Å²) in [7, 11) is 0. The lowest BCUT2D eigenvalue weighted by Crippen LogP contribution is -2.40. The molecule has 0 amide bonds. The second-order valence-corrected chi connectivity index (χ2v) is 5.73. The Bertz CT molecular complexity index is 536. The van der Waals surface area contributed by atoms with Gasteiger partial charge in [0.05, 0.1) is 30.8 Å². The van der Waals surface area contributed by atoms with Crippen LogP contribution in [-0.2, 0) is 9.53 Å². The maximum absolute atomic E-state index is 11.8. The van der Waals surface area contributed by atoms with E-state index in [2.05, 4.69) is 11.0 Å². The number of likely N-dealkylation sites (tertiary alicyclic amines) is 1. The van der Waals surface area contributed by atoms with Crippen LogP contribution < -0.4 is 4.74 Å². The van der Waals surface area contributed by atoms with Crippen LogP contribution in [0.4, 0.5) is 0 Å². The Balaban J connectivity index is 1.67. The minimum Gasteiger partial charge on any atom is -0.494 e. The zero-order valence-corrected chi connectivity index (χ0v) is 13.7. The summed E-state index contributed by atoms with van der Waals surface area (Å²) in [5, 5.41) is 8.75. The number of rotatable bonds is 7. The van der Waals surface area contributed by atoms with E-state index in [0.29, 0.717) is 18.8 Å². The molecule has 1 saturated heterocycles. The molecule has 1 fully saturated rings. The number of piperidine rings is 1. The van der Waals surface area contributed by atoms with Gasteiger partial charge >= 0.3 is 5.97 Å². The predicted molar refractivity (Wildman–Crippen MR) is 87.1 cm³/mol. The van der Waals surface area contributed by atoms with Crippen LogP contribution in [0.3, 0.4) is 0 Å². The first-order valence-electron chi connectivity index (χ1n) is 8.25. The Morgan fingerprint density at radius 2 is 2.17 bits per heavy atom. The summed E-state index contributed by atoms with van der Waals surface area (Å²) in [6.45, 7) is 5.67. The van der Waals surface area contributed by atoms with Crippen LogP contribution in [0.15, 0.2) is 24.3 Å². The molecular formula is C18H24N2O3. The first-order valence-corrected chi connectivity index (χ1v) is 8.25. The van der Waals surface area contributed by atoms with E-state index in [0.717, 1.165) is 44.6 Å². The van der Waals surface area contributed by atoms with Crippen molar-refractivity contribution in [1.29, 1.82) is 5.26 Å². The second-order valence-electron chi connectivity index (χ2n) is 5.73. The van der Waals surface area contributed by atoms with Gasteiger partial charge in [0.2, 0.25) is 0 Å². The van der Waals surface area contributed by atoms with Crippen molar-refractivity contribution < 1.29 is 14.3 Å². The fourth-order valence-corrected chi connectivity index (χ4v) is 2.82. The fraction of sp³-hybridized carbons (Fsp3) is 0.556. The molecule has 124 valence electrons. The van der Waals surface area contributed by atoms with Gasteiger partial charge < -0.3 is 14.4 Å². The van der Waals surface area contributed by atoms with Crippen molar-refractivity contribution in [1.82, 2.24) is 4.90 Å². The topological polar surface area (TPSA) is 62.6 Å². The van der Waals surface area contributed by atoms with Crippen LogP contribution in [0.1, 0.15) is 31.7 Å². The number of carbonyl (C=O) groups is 1. The number of carbonyl (C=O) groups excluding carboxylic acids is 1. The van der Waals surface area contributed by atoms with Crippen molar-refractivity contribution in [2.45, 2.75) is 26.2 Å². The summed E-state index contributed by atoms with van der Waals surface area (Å²) in [5.41, 5.74) is 0.635. The summed E-state index contributed by atoms with van der Waals surface area (Å²) in [5.74, 6) is 0.737. The minimum atomic E-state index is -0.0639. The van der Waals surface area contributed by atoms with Crippen LogP contribution in [0.5, 0.6) is 5.75 Å². The third-order valence-corrected chi connectivity index (χ3v) is 4.00. The molecule has 2 rings (SSSR count). The number of ether oxygens (including phenoxy) is 2. The summed E-state index contributed by atoms with van der Waals surface area (Å²) in [6, 6.07) is 9.23.